The number of pyridine rings is 1. The third-order valence-corrected chi connectivity index (χ3v) is 6.00. The van der Waals surface area contributed by atoms with E-state index >= 15 is 0 Å². The van der Waals surface area contributed by atoms with E-state index in [2.05, 4.69) is 9.98 Å². The van der Waals surface area contributed by atoms with Crippen LogP contribution in [-0.4, -0.2) is 53.6 Å². The lowest BCUT2D eigenvalue weighted by Crippen LogP contribution is -2.26. The van der Waals surface area contributed by atoms with Crippen LogP contribution in [0.3, 0.4) is 0 Å². The molecule has 2 aromatic rings. The van der Waals surface area contributed by atoms with Gasteiger partial charge in [-0.3, -0.25) is 14.6 Å². The number of amides is 1. The molecule has 2 atom stereocenters. The fourth-order valence-electron chi connectivity index (χ4n) is 4.45. The van der Waals surface area contributed by atoms with Gasteiger partial charge < -0.3 is 9.64 Å². The van der Waals surface area contributed by atoms with Crippen LogP contribution in [0.15, 0.2) is 47.6 Å². The van der Waals surface area contributed by atoms with Gasteiger partial charge in [0.15, 0.2) is 6.61 Å². The first kappa shape index (κ1) is 22.0. The van der Waals surface area contributed by atoms with E-state index in [9.17, 15) is 18.4 Å². The maximum atomic E-state index is 12.9. The summed E-state index contributed by atoms with van der Waals surface area (Å²) in [5, 5.41) is 0. The first-order valence-electron chi connectivity index (χ1n) is 10.7. The molecule has 1 aromatic heterocycles. The highest BCUT2D eigenvalue weighted by Gasteiger charge is 2.36. The van der Waals surface area contributed by atoms with E-state index in [0.717, 1.165) is 11.1 Å². The Labute approximate surface area is 185 Å². The van der Waals surface area contributed by atoms with Gasteiger partial charge in [0.25, 0.3) is 6.43 Å². The Hall–Kier alpha value is -3.16. The molecule has 2 aliphatic rings. The maximum Gasteiger partial charge on any atom is 0.272 e. The summed E-state index contributed by atoms with van der Waals surface area (Å²) in [4.78, 5) is 35.1. The molecule has 6 nitrogen and oxygen atoms in total. The molecule has 8 heteroatoms. The van der Waals surface area contributed by atoms with Crippen molar-refractivity contribution in [1.29, 1.82) is 0 Å². The summed E-state index contributed by atoms with van der Waals surface area (Å²) in [6.07, 6.45) is -0.490. The van der Waals surface area contributed by atoms with Crippen molar-refractivity contribution in [2.24, 2.45) is 10.9 Å². The molecule has 1 amide bonds. The van der Waals surface area contributed by atoms with Crippen LogP contribution in [0, 0.1) is 5.92 Å². The highest BCUT2D eigenvalue weighted by molar-refractivity contribution is 5.97. The number of aliphatic imine (C=N–C) groups is 1. The molecule has 0 N–H and O–H groups in total. The molecule has 168 valence electrons. The third-order valence-electron chi connectivity index (χ3n) is 6.00. The van der Waals surface area contributed by atoms with Gasteiger partial charge in [-0.15, -0.1) is 0 Å². The van der Waals surface area contributed by atoms with Crippen LogP contribution in [0.25, 0.3) is 0 Å². The number of ketones is 1. The molecule has 1 saturated heterocycles. The van der Waals surface area contributed by atoms with Crippen LogP contribution in [0.2, 0.25) is 0 Å². The highest BCUT2D eigenvalue weighted by Crippen LogP contribution is 2.35. The van der Waals surface area contributed by atoms with Gasteiger partial charge in [-0.1, -0.05) is 30.3 Å². The number of fused-ring (bicyclic) bond motifs is 1. The monoisotopic (exact) mass is 441 g/mol. The van der Waals surface area contributed by atoms with Crippen molar-refractivity contribution >= 4 is 17.6 Å². The van der Waals surface area contributed by atoms with Crippen LogP contribution in [0.4, 0.5) is 8.78 Å². The molecule has 4 rings (SSSR count). The number of hydrogen-bond donors (Lipinski definition) is 0. The quantitative estimate of drug-likeness (QED) is 0.660. The first-order chi connectivity index (χ1) is 15.4. The number of hydrogen-bond acceptors (Lipinski definition) is 5. The lowest BCUT2D eigenvalue weighted by Gasteiger charge is -2.17. The molecule has 32 heavy (non-hydrogen) atoms. The van der Waals surface area contributed by atoms with Crippen molar-refractivity contribution in [1.82, 2.24) is 9.88 Å². The van der Waals surface area contributed by atoms with Gasteiger partial charge in [0.1, 0.15) is 5.78 Å². The Balaban J connectivity index is 1.40. The van der Waals surface area contributed by atoms with E-state index < -0.39 is 13.0 Å². The van der Waals surface area contributed by atoms with Gasteiger partial charge in [-0.05, 0) is 23.1 Å². The zero-order chi connectivity index (χ0) is 22.7. The molecule has 0 spiro atoms. The van der Waals surface area contributed by atoms with Gasteiger partial charge in [-0.25, -0.2) is 13.8 Å². The van der Waals surface area contributed by atoms with Crippen LogP contribution in [0.5, 0.6) is 0 Å². The van der Waals surface area contributed by atoms with Gasteiger partial charge in [0.05, 0.1) is 12.1 Å². The number of Topliss-reactive ketones (excluding diaryl/α,β-unsaturated/α-hetero) is 1. The van der Waals surface area contributed by atoms with Crippen LogP contribution < -0.4 is 0 Å². The lowest BCUT2D eigenvalue weighted by molar-refractivity contribution is -0.128. The number of ether oxygens (including phenoxy) is 1. The number of carbonyl (C=O) groups is 2. The van der Waals surface area contributed by atoms with E-state index in [0.29, 0.717) is 37.3 Å². The van der Waals surface area contributed by atoms with E-state index in [1.807, 2.05) is 35.2 Å². The summed E-state index contributed by atoms with van der Waals surface area (Å²) < 4.78 is 29.8. The second-order valence-corrected chi connectivity index (χ2v) is 8.28. The molecule has 0 radical (unpaired) electrons. The normalized spacial score (nSPS) is 19.8. The van der Waals surface area contributed by atoms with Crippen molar-refractivity contribution in [3.8, 4) is 0 Å². The van der Waals surface area contributed by atoms with Crippen molar-refractivity contribution in [3.05, 3.63) is 65.0 Å². The number of aromatic nitrogens is 1. The fraction of sp³-hybridized carbons (Fsp3) is 0.417. The van der Waals surface area contributed by atoms with Crippen molar-refractivity contribution in [2.75, 3.05) is 19.7 Å². The standard InChI is InChI=1S/C24H25F2N3O3/c1-15(30)29-12-18(22(13-29)16-5-3-2-4-6-16)8-20(31)9-19-7-17-10-28-24(21(17)11-27-19)32-14-23(25)26/h2-7,11,18,22-23H,8-10,12-14H2,1H3/t18-,22+/m0/s1. The van der Waals surface area contributed by atoms with E-state index in [4.69, 9.17) is 4.74 Å². The van der Waals surface area contributed by atoms with E-state index in [1.165, 1.54) is 6.20 Å². The molecule has 0 aliphatic carbocycles. The second-order valence-electron chi connectivity index (χ2n) is 8.28. The largest absolute Gasteiger partial charge is 0.471 e. The van der Waals surface area contributed by atoms with Gasteiger partial charge >= 0.3 is 0 Å². The Morgan fingerprint density at radius 3 is 2.72 bits per heavy atom. The van der Waals surface area contributed by atoms with E-state index in [-0.39, 0.29) is 35.8 Å². The number of halogens is 2. The number of nitrogens with zero attached hydrogens (tertiary/aromatic N) is 3. The SMILES string of the molecule is CC(=O)N1C[C@H](CC(=O)Cc2cc3c(cn2)C(OCC(F)F)=NC3)[C@@H](c2ccccc2)C1. The lowest BCUT2D eigenvalue weighted by atomic mass is 9.85. The van der Waals surface area contributed by atoms with Crippen molar-refractivity contribution in [3.63, 3.8) is 0 Å². The number of rotatable bonds is 7. The highest BCUT2D eigenvalue weighted by atomic mass is 19.3. The molecule has 0 unspecified atom stereocenters. The summed E-state index contributed by atoms with van der Waals surface area (Å²) in [5.74, 6) is 0.431. The molecule has 2 aliphatic heterocycles. The predicted molar refractivity (Wildman–Crippen MR) is 115 cm³/mol. The summed E-state index contributed by atoms with van der Waals surface area (Å²) >= 11 is 0. The number of alkyl halides is 2. The number of carbonyl (C=O) groups excluding carboxylic acids is 2. The number of benzene rings is 1. The summed E-state index contributed by atoms with van der Waals surface area (Å²) in [5.41, 5.74) is 3.17. The molecule has 3 heterocycles. The maximum absolute atomic E-state index is 12.9. The van der Waals surface area contributed by atoms with Crippen LogP contribution in [-0.2, 0) is 27.3 Å². The number of likely N-dealkylation sites (tertiary alicyclic amines) is 1. The fourth-order valence-corrected chi connectivity index (χ4v) is 4.45. The molecule has 0 bridgehead atoms. The minimum absolute atomic E-state index is 0.0195. The summed E-state index contributed by atoms with van der Waals surface area (Å²) in [6, 6.07) is 11.8. The Morgan fingerprint density at radius 1 is 1.22 bits per heavy atom. The minimum atomic E-state index is -2.57. The smallest absolute Gasteiger partial charge is 0.272 e. The van der Waals surface area contributed by atoms with E-state index in [1.54, 1.807) is 13.0 Å². The average Bonchev–Trinajstić information content (AvgIpc) is 3.37. The van der Waals surface area contributed by atoms with Crippen LogP contribution in [0.1, 0.15) is 41.6 Å². The Bertz CT molecular complexity index is 1030. The second kappa shape index (κ2) is 9.54. The third kappa shape index (κ3) is 5.00. The zero-order valence-electron chi connectivity index (χ0n) is 17.8. The van der Waals surface area contributed by atoms with Crippen molar-refractivity contribution < 1.29 is 23.1 Å². The molecular formula is C24H25F2N3O3. The topological polar surface area (TPSA) is 71.9 Å². The Kier molecular flexibility index (Phi) is 6.58. The molecule has 1 aromatic carbocycles. The van der Waals surface area contributed by atoms with Gasteiger partial charge in [-0.2, -0.15) is 0 Å². The van der Waals surface area contributed by atoms with Crippen LogP contribution >= 0.6 is 0 Å². The van der Waals surface area contributed by atoms with Gasteiger partial charge in [0, 0.05) is 50.7 Å². The summed E-state index contributed by atoms with van der Waals surface area (Å²) in [6.45, 7) is 2.36. The first-order valence-corrected chi connectivity index (χ1v) is 10.7. The predicted octanol–water partition coefficient (Wildman–Crippen LogP) is 3.39. The summed E-state index contributed by atoms with van der Waals surface area (Å²) in [7, 11) is 0. The average molecular weight is 441 g/mol. The minimum Gasteiger partial charge on any atom is -0.471 e. The molecule has 0 saturated carbocycles. The van der Waals surface area contributed by atoms with Gasteiger partial charge in [0.2, 0.25) is 11.8 Å². The Morgan fingerprint density at radius 2 is 2.00 bits per heavy atom. The molecular weight excluding hydrogens is 416 g/mol. The van der Waals surface area contributed by atoms with Crippen molar-refractivity contribution in [2.45, 2.75) is 38.7 Å². The zero-order valence-corrected chi connectivity index (χ0v) is 17.8. The molecule has 1 fully saturated rings.